The Kier molecular flexibility index (Phi) is 2.98. The lowest BCUT2D eigenvalue weighted by atomic mass is 10.2. The number of nitrogens with zero attached hydrogens (tertiary/aromatic N) is 3. The highest BCUT2D eigenvalue weighted by Crippen LogP contribution is 2.11. The zero-order valence-electron chi connectivity index (χ0n) is 8.28. The molecule has 78 valence electrons. The quantitative estimate of drug-likeness (QED) is 0.765. The largest absolute Gasteiger partial charge is 0.351 e. The fraction of sp³-hybridized carbons (Fsp3) is 0.778. The Hall–Kier alpha value is -1.10. The van der Waals surface area contributed by atoms with Gasteiger partial charge in [-0.05, 0) is 25.9 Å². The van der Waals surface area contributed by atoms with Crippen molar-refractivity contribution in [1.29, 1.82) is 0 Å². The first-order valence-corrected chi connectivity index (χ1v) is 5.15. The van der Waals surface area contributed by atoms with Crippen LogP contribution in [-0.4, -0.2) is 28.1 Å². The summed E-state index contributed by atoms with van der Waals surface area (Å²) in [5.74, 6) is 0.699. The SMILES string of the molecule is Nc1nc(CN2CCCCCC2)no1. The average Bonchev–Trinajstić information content (AvgIpc) is 2.43. The monoisotopic (exact) mass is 196 g/mol. The van der Waals surface area contributed by atoms with Gasteiger partial charge in [0.15, 0.2) is 5.82 Å². The van der Waals surface area contributed by atoms with E-state index in [1.807, 2.05) is 0 Å². The van der Waals surface area contributed by atoms with Crippen LogP contribution in [0.4, 0.5) is 6.01 Å². The molecule has 0 spiro atoms. The Balaban J connectivity index is 1.89. The van der Waals surface area contributed by atoms with Crippen molar-refractivity contribution in [2.45, 2.75) is 32.2 Å². The molecule has 2 heterocycles. The van der Waals surface area contributed by atoms with Crippen LogP contribution in [0.3, 0.4) is 0 Å². The predicted octanol–water partition coefficient (Wildman–Crippen LogP) is 1.03. The van der Waals surface area contributed by atoms with Crippen LogP contribution >= 0.6 is 0 Å². The van der Waals surface area contributed by atoms with Gasteiger partial charge >= 0.3 is 6.01 Å². The van der Waals surface area contributed by atoms with Gasteiger partial charge in [0.05, 0.1) is 6.54 Å². The molecule has 1 fully saturated rings. The maximum absolute atomic E-state index is 5.36. The summed E-state index contributed by atoms with van der Waals surface area (Å²) in [4.78, 5) is 6.35. The summed E-state index contributed by atoms with van der Waals surface area (Å²) >= 11 is 0. The second kappa shape index (κ2) is 4.41. The third kappa shape index (κ3) is 2.45. The minimum atomic E-state index is 0.162. The molecule has 0 unspecified atom stereocenters. The van der Waals surface area contributed by atoms with Crippen molar-refractivity contribution in [3.63, 3.8) is 0 Å². The molecule has 1 aliphatic rings. The minimum Gasteiger partial charge on any atom is -0.351 e. The molecule has 0 amide bonds. The van der Waals surface area contributed by atoms with Gasteiger partial charge in [-0.3, -0.25) is 4.90 Å². The molecule has 0 aromatic carbocycles. The average molecular weight is 196 g/mol. The zero-order valence-corrected chi connectivity index (χ0v) is 8.28. The topological polar surface area (TPSA) is 68.2 Å². The summed E-state index contributed by atoms with van der Waals surface area (Å²) in [6, 6.07) is 0.162. The third-order valence-corrected chi connectivity index (χ3v) is 2.55. The second-order valence-electron chi connectivity index (χ2n) is 3.74. The smallest absolute Gasteiger partial charge is 0.318 e. The highest BCUT2D eigenvalue weighted by Gasteiger charge is 2.12. The molecule has 0 saturated carbocycles. The van der Waals surface area contributed by atoms with E-state index in [9.17, 15) is 0 Å². The molecule has 0 bridgehead atoms. The molecule has 1 aromatic rings. The van der Waals surface area contributed by atoms with Crippen LogP contribution in [0, 0.1) is 0 Å². The van der Waals surface area contributed by atoms with E-state index in [1.54, 1.807) is 0 Å². The number of nitrogen functional groups attached to an aromatic ring is 1. The Bertz CT molecular complexity index is 278. The van der Waals surface area contributed by atoms with E-state index in [-0.39, 0.29) is 6.01 Å². The van der Waals surface area contributed by atoms with Crippen LogP contribution in [0.1, 0.15) is 31.5 Å². The van der Waals surface area contributed by atoms with Gasteiger partial charge in [-0.25, -0.2) is 0 Å². The summed E-state index contributed by atoms with van der Waals surface area (Å²) in [6.45, 7) is 3.03. The molecule has 0 atom stereocenters. The van der Waals surface area contributed by atoms with Gasteiger partial charge in [0.25, 0.3) is 0 Å². The summed E-state index contributed by atoms with van der Waals surface area (Å²) in [5.41, 5.74) is 5.36. The lowest BCUT2D eigenvalue weighted by Crippen LogP contribution is -2.24. The van der Waals surface area contributed by atoms with Crippen LogP contribution in [-0.2, 0) is 6.54 Å². The second-order valence-corrected chi connectivity index (χ2v) is 3.74. The van der Waals surface area contributed by atoms with E-state index in [0.717, 1.165) is 19.6 Å². The lowest BCUT2D eigenvalue weighted by molar-refractivity contribution is 0.265. The first-order chi connectivity index (χ1) is 6.84. The van der Waals surface area contributed by atoms with Crippen LogP contribution < -0.4 is 5.73 Å². The van der Waals surface area contributed by atoms with Crippen molar-refractivity contribution in [3.05, 3.63) is 5.82 Å². The summed E-state index contributed by atoms with van der Waals surface area (Å²) in [7, 11) is 0. The number of hydrogen-bond acceptors (Lipinski definition) is 5. The van der Waals surface area contributed by atoms with E-state index < -0.39 is 0 Å². The van der Waals surface area contributed by atoms with Gasteiger partial charge in [-0.1, -0.05) is 18.0 Å². The van der Waals surface area contributed by atoms with Gasteiger partial charge in [-0.2, -0.15) is 4.98 Å². The maximum atomic E-state index is 5.36. The summed E-state index contributed by atoms with van der Waals surface area (Å²) < 4.78 is 4.73. The highest BCUT2D eigenvalue weighted by atomic mass is 16.5. The van der Waals surface area contributed by atoms with Gasteiger partial charge in [0.2, 0.25) is 0 Å². The maximum Gasteiger partial charge on any atom is 0.318 e. The molecular weight excluding hydrogens is 180 g/mol. The Morgan fingerprint density at radius 3 is 2.50 bits per heavy atom. The first kappa shape index (κ1) is 9.45. The third-order valence-electron chi connectivity index (χ3n) is 2.55. The highest BCUT2D eigenvalue weighted by molar-refractivity contribution is 5.06. The molecule has 14 heavy (non-hydrogen) atoms. The van der Waals surface area contributed by atoms with Crippen molar-refractivity contribution >= 4 is 6.01 Å². The lowest BCUT2D eigenvalue weighted by Gasteiger charge is -2.16. The van der Waals surface area contributed by atoms with Crippen LogP contribution in [0.2, 0.25) is 0 Å². The summed E-state index contributed by atoms with van der Waals surface area (Å²) in [6.07, 6.45) is 5.22. The van der Waals surface area contributed by atoms with E-state index >= 15 is 0 Å². The summed E-state index contributed by atoms with van der Waals surface area (Å²) in [5, 5.41) is 3.79. The standard InChI is InChI=1S/C9H16N4O/c10-9-11-8(12-14-9)7-13-5-3-1-2-4-6-13/h1-7H2,(H2,10,11,12). The van der Waals surface area contributed by atoms with E-state index in [2.05, 4.69) is 15.0 Å². The number of anilines is 1. The van der Waals surface area contributed by atoms with Gasteiger partial charge in [0.1, 0.15) is 0 Å². The normalized spacial score (nSPS) is 19.4. The van der Waals surface area contributed by atoms with Crippen LogP contribution in [0.25, 0.3) is 0 Å². The predicted molar refractivity (Wildman–Crippen MR) is 52.5 cm³/mol. The molecule has 1 saturated heterocycles. The van der Waals surface area contributed by atoms with Gasteiger partial charge < -0.3 is 10.3 Å². The van der Waals surface area contributed by atoms with E-state index in [0.29, 0.717) is 5.82 Å². The fourth-order valence-electron chi connectivity index (χ4n) is 1.83. The Morgan fingerprint density at radius 1 is 1.21 bits per heavy atom. The van der Waals surface area contributed by atoms with Crippen LogP contribution in [0.5, 0.6) is 0 Å². The number of aromatic nitrogens is 2. The van der Waals surface area contributed by atoms with Gasteiger partial charge in [-0.15, -0.1) is 0 Å². The molecular formula is C9H16N4O. The molecule has 0 aliphatic carbocycles. The van der Waals surface area contributed by atoms with Crippen LogP contribution in [0.15, 0.2) is 4.52 Å². The van der Waals surface area contributed by atoms with E-state index in [4.69, 9.17) is 10.3 Å². The minimum absolute atomic E-state index is 0.162. The number of nitrogens with two attached hydrogens (primary N) is 1. The Labute approximate surface area is 83.3 Å². The number of hydrogen-bond donors (Lipinski definition) is 1. The van der Waals surface area contributed by atoms with Crippen molar-refractivity contribution in [2.75, 3.05) is 18.8 Å². The van der Waals surface area contributed by atoms with E-state index in [1.165, 1.54) is 25.7 Å². The Morgan fingerprint density at radius 2 is 1.93 bits per heavy atom. The zero-order chi connectivity index (χ0) is 9.80. The molecule has 5 nitrogen and oxygen atoms in total. The number of likely N-dealkylation sites (tertiary alicyclic amines) is 1. The molecule has 1 aliphatic heterocycles. The fourth-order valence-corrected chi connectivity index (χ4v) is 1.83. The molecule has 2 N–H and O–H groups in total. The van der Waals surface area contributed by atoms with Crippen molar-refractivity contribution < 1.29 is 4.52 Å². The molecule has 0 radical (unpaired) electrons. The van der Waals surface area contributed by atoms with Crippen molar-refractivity contribution in [2.24, 2.45) is 0 Å². The molecule has 5 heteroatoms. The first-order valence-electron chi connectivity index (χ1n) is 5.15. The van der Waals surface area contributed by atoms with Crippen molar-refractivity contribution in [3.8, 4) is 0 Å². The number of rotatable bonds is 2. The molecule has 2 rings (SSSR count). The molecule has 1 aromatic heterocycles. The van der Waals surface area contributed by atoms with Gasteiger partial charge in [0, 0.05) is 0 Å². The van der Waals surface area contributed by atoms with Crippen molar-refractivity contribution in [1.82, 2.24) is 15.0 Å².